The smallest absolute Gasteiger partial charge is 0.251 e. The van der Waals surface area contributed by atoms with Gasteiger partial charge in [0.05, 0.1) is 26.8 Å². The van der Waals surface area contributed by atoms with Gasteiger partial charge in [-0.1, -0.05) is 36.4 Å². The molecule has 0 aliphatic carbocycles. The molecule has 1 aromatic heterocycles. The maximum absolute atomic E-state index is 13.8. The van der Waals surface area contributed by atoms with Crippen LogP contribution >= 0.6 is 0 Å². The summed E-state index contributed by atoms with van der Waals surface area (Å²) in [5.74, 6) is 0.668. The maximum Gasteiger partial charge on any atom is 0.251 e. The molecule has 51 heavy (non-hydrogen) atoms. The summed E-state index contributed by atoms with van der Waals surface area (Å²) in [6.07, 6.45) is 0.466. The Balaban J connectivity index is 1.42. The third-order valence-corrected chi connectivity index (χ3v) is 8.30. The van der Waals surface area contributed by atoms with E-state index in [1.165, 1.54) is 4.68 Å². The van der Waals surface area contributed by atoms with Crippen LogP contribution in [0.2, 0.25) is 0 Å². The second-order valence-corrected chi connectivity index (χ2v) is 12.7. The van der Waals surface area contributed by atoms with Crippen LogP contribution in [-0.4, -0.2) is 77.3 Å². The Morgan fingerprint density at radius 3 is 2.43 bits per heavy atom. The van der Waals surface area contributed by atoms with Crippen LogP contribution in [0.5, 0.6) is 17.2 Å². The fourth-order valence-corrected chi connectivity index (χ4v) is 5.53. The molecule has 3 aromatic carbocycles. The molecular formula is C37H43N7O7. The second-order valence-electron chi connectivity index (χ2n) is 12.7. The lowest BCUT2D eigenvalue weighted by molar-refractivity contribution is -0.133. The van der Waals surface area contributed by atoms with E-state index in [1.807, 2.05) is 12.1 Å². The van der Waals surface area contributed by atoms with E-state index in [0.717, 1.165) is 11.1 Å². The molecule has 14 heteroatoms. The largest absolute Gasteiger partial charge is 0.493 e. The van der Waals surface area contributed by atoms with Crippen molar-refractivity contribution in [3.63, 3.8) is 0 Å². The zero-order valence-electron chi connectivity index (χ0n) is 29.3. The topological polar surface area (TPSA) is 175 Å². The van der Waals surface area contributed by atoms with E-state index in [4.69, 9.17) is 19.2 Å². The van der Waals surface area contributed by atoms with Crippen molar-refractivity contribution in [1.82, 2.24) is 36.0 Å². The Morgan fingerprint density at radius 1 is 1.00 bits per heavy atom. The number of hydrogen-bond donors (Lipinski definition) is 4. The quantitative estimate of drug-likeness (QED) is 0.236. The minimum Gasteiger partial charge on any atom is -0.493 e. The standard InChI is InChI=1S/C37H43N7O7/c1-23-33-41-31(21-25-13-16-29(49-4)30(20-25)50-5)43-44(33)22-32(45)38-17-18-51-27-14-11-24(12-15-27)19-28(35(47)42-37(2,3)36(48)39-23)40-34(46)26-9-7-6-8-10-26/h6-16,20,23,28H,17-19,21-22H2,1-5H3,(H,38,45)(H,39,48)(H,40,46)(H,42,47)/t23-,28+/m1/s1. The summed E-state index contributed by atoms with van der Waals surface area (Å²) in [6.45, 7) is 5.15. The Morgan fingerprint density at radius 2 is 1.73 bits per heavy atom. The number of ether oxygens (including phenoxy) is 3. The van der Waals surface area contributed by atoms with E-state index < -0.39 is 35.3 Å². The minimum absolute atomic E-state index is 0.154. The number of rotatable bonds is 6. The SMILES string of the molecule is COc1ccc(Cc2nc3n(n2)CC(=O)NCCOc2ccc(cc2)C[C@H](NC(=O)c2ccccc2)C(=O)NC(C)(C)C(=O)N[C@@H]3C)cc1OC. The van der Waals surface area contributed by atoms with Crippen molar-refractivity contribution >= 4 is 23.6 Å². The van der Waals surface area contributed by atoms with Gasteiger partial charge in [0.1, 0.15) is 36.3 Å². The highest BCUT2D eigenvalue weighted by atomic mass is 16.5. The van der Waals surface area contributed by atoms with Gasteiger partial charge in [0.2, 0.25) is 17.7 Å². The van der Waals surface area contributed by atoms with Crippen LogP contribution in [0.4, 0.5) is 0 Å². The van der Waals surface area contributed by atoms with E-state index >= 15 is 0 Å². The van der Waals surface area contributed by atoms with Crippen molar-refractivity contribution in [1.29, 1.82) is 0 Å². The predicted octanol–water partition coefficient (Wildman–Crippen LogP) is 2.51. The van der Waals surface area contributed by atoms with E-state index in [0.29, 0.717) is 40.9 Å². The van der Waals surface area contributed by atoms with Crippen molar-refractivity contribution in [3.8, 4) is 17.2 Å². The van der Waals surface area contributed by atoms with Crippen molar-refractivity contribution in [2.45, 2.75) is 57.8 Å². The number of amides is 4. The fraction of sp³-hybridized carbons (Fsp3) is 0.351. The zero-order chi connectivity index (χ0) is 36.5. The van der Waals surface area contributed by atoms with E-state index in [-0.39, 0.29) is 32.0 Å². The van der Waals surface area contributed by atoms with Crippen LogP contribution in [0.3, 0.4) is 0 Å². The lowest BCUT2D eigenvalue weighted by Crippen LogP contribution is -2.59. The first-order chi connectivity index (χ1) is 24.4. The molecule has 4 aromatic rings. The molecule has 0 saturated heterocycles. The number of carbonyl (C=O) groups excluding carboxylic acids is 4. The highest BCUT2D eigenvalue weighted by Crippen LogP contribution is 2.28. The number of fused-ring (bicyclic) bond motifs is 14. The average Bonchev–Trinajstić information content (AvgIpc) is 3.51. The third kappa shape index (κ3) is 9.41. The number of nitrogens with one attached hydrogen (secondary N) is 4. The number of carbonyl (C=O) groups is 4. The first-order valence-corrected chi connectivity index (χ1v) is 16.6. The van der Waals surface area contributed by atoms with Crippen LogP contribution in [0.1, 0.15) is 59.9 Å². The van der Waals surface area contributed by atoms with Gasteiger partial charge >= 0.3 is 0 Å². The molecule has 2 atom stereocenters. The van der Waals surface area contributed by atoms with Crippen LogP contribution < -0.4 is 35.5 Å². The predicted molar refractivity (Wildman–Crippen MR) is 188 cm³/mol. The van der Waals surface area contributed by atoms with Gasteiger partial charge in [0.15, 0.2) is 17.3 Å². The molecule has 14 nitrogen and oxygen atoms in total. The molecule has 4 amide bonds. The maximum atomic E-state index is 13.8. The van der Waals surface area contributed by atoms with Gasteiger partial charge in [-0.2, -0.15) is 5.10 Å². The molecule has 0 spiro atoms. The Labute approximate surface area is 296 Å². The fourth-order valence-electron chi connectivity index (χ4n) is 5.53. The van der Waals surface area contributed by atoms with E-state index in [1.54, 1.807) is 95.7 Å². The summed E-state index contributed by atoms with van der Waals surface area (Å²) >= 11 is 0. The molecule has 0 saturated carbocycles. The molecule has 2 bridgehead atoms. The molecule has 6 rings (SSSR count). The summed E-state index contributed by atoms with van der Waals surface area (Å²) in [6, 6.07) is 19.4. The Kier molecular flexibility index (Phi) is 11.5. The lowest BCUT2D eigenvalue weighted by atomic mass is 10.00. The van der Waals surface area contributed by atoms with Crippen molar-refractivity contribution in [3.05, 3.63) is 101 Å². The monoisotopic (exact) mass is 697 g/mol. The van der Waals surface area contributed by atoms with Crippen LogP contribution in [0, 0.1) is 0 Å². The molecule has 4 N–H and O–H groups in total. The lowest BCUT2D eigenvalue weighted by Gasteiger charge is -2.29. The van der Waals surface area contributed by atoms with Crippen LogP contribution in [0.15, 0.2) is 72.8 Å². The molecule has 2 aliphatic heterocycles. The molecular weight excluding hydrogens is 654 g/mol. The number of nitrogens with zero attached hydrogens (tertiary/aromatic N) is 3. The number of aromatic nitrogens is 3. The van der Waals surface area contributed by atoms with Gasteiger partial charge < -0.3 is 35.5 Å². The number of methoxy groups -OCH3 is 2. The van der Waals surface area contributed by atoms with Crippen LogP contribution in [0.25, 0.3) is 0 Å². The summed E-state index contributed by atoms with van der Waals surface area (Å²) in [7, 11) is 3.11. The first kappa shape index (κ1) is 36.4. The van der Waals surface area contributed by atoms with Gasteiger partial charge in [0, 0.05) is 18.4 Å². The Bertz CT molecular complexity index is 1860. The molecule has 0 radical (unpaired) electrons. The van der Waals surface area contributed by atoms with Gasteiger partial charge in [-0.05, 0) is 68.3 Å². The highest BCUT2D eigenvalue weighted by Gasteiger charge is 2.34. The summed E-state index contributed by atoms with van der Waals surface area (Å²) in [5, 5.41) is 16.0. The molecule has 0 unspecified atom stereocenters. The van der Waals surface area contributed by atoms with Crippen molar-refractivity contribution < 1.29 is 33.4 Å². The second kappa shape index (κ2) is 16.2. The average molecular weight is 698 g/mol. The summed E-state index contributed by atoms with van der Waals surface area (Å²) < 4.78 is 18.1. The normalized spacial score (nSPS) is 18.3. The summed E-state index contributed by atoms with van der Waals surface area (Å²) in [5.41, 5.74) is 0.591. The first-order valence-electron chi connectivity index (χ1n) is 16.6. The van der Waals surface area contributed by atoms with Gasteiger partial charge in [-0.25, -0.2) is 9.67 Å². The van der Waals surface area contributed by atoms with Gasteiger partial charge in [-0.3, -0.25) is 19.2 Å². The number of hydrogen-bond acceptors (Lipinski definition) is 9. The van der Waals surface area contributed by atoms with Crippen molar-refractivity contribution in [2.75, 3.05) is 27.4 Å². The van der Waals surface area contributed by atoms with Crippen LogP contribution in [-0.2, 0) is 33.8 Å². The third-order valence-electron chi connectivity index (χ3n) is 8.30. The van der Waals surface area contributed by atoms with Gasteiger partial charge in [0.25, 0.3) is 5.91 Å². The van der Waals surface area contributed by atoms with Gasteiger partial charge in [-0.15, -0.1) is 0 Å². The van der Waals surface area contributed by atoms with Crippen molar-refractivity contribution in [2.24, 2.45) is 0 Å². The van der Waals surface area contributed by atoms with E-state index in [2.05, 4.69) is 26.4 Å². The highest BCUT2D eigenvalue weighted by molar-refractivity contribution is 5.99. The minimum atomic E-state index is -1.41. The molecule has 3 heterocycles. The number of benzene rings is 3. The zero-order valence-corrected chi connectivity index (χ0v) is 29.3. The molecule has 268 valence electrons. The van der Waals surface area contributed by atoms with E-state index in [9.17, 15) is 19.2 Å². The summed E-state index contributed by atoms with van der Waals surface area (Å²) in [4.78, 5) is 58.4. The molecule has 2 aliphatic rings. The molecule has 0 fully saturated rings. The Hall–Kier alpha value is -5.92.